The van der Waals surface area contributed by atoms with E-state index in [2.05, 4.69) is 15.3 Å². The molecule has 1 aliphatic rings. The summed E-state index contributed by atoms with van der Waals surface area (Å²) in [6.45, 7) is 0. The second-order valence-electron chi connectivity index (χ2n) is 6.94. The van der Waals surface area contributed by atoms with E-state index in [9.17, 15) is 9.18 Å². The lowest BCUT2D eigenvalue weighted by molar-refractivity contribution is -0.119. The maximum Gasteiger partial charge on any atom is 0.227 e. The van der Waals surface area contributed by atoms with Gasteiger partial charge in [-0.1, -0.05) is 18.2 Å². The van der Waals surface area contributed by atoms with Gasteiger partial charge in [0.2, 0.25) is 5.91 Å². The van der Waals surface area contributed by atoms with Gasteiger partial charge in [-0.25, -0.2) is 9.37 Å². The van der Waals surface area contributed by atoms with Gasteiger partial charge in [0.1, 0.15) is 11.6 Å². The molecule has 3 aromatic rings. The minimum Gasteiger partial charge on any atom is -0.342 e. The van der Waals surface area contributed by atoms with Crippen LogP contribution in [0.15, 0.2) is 42.5 Å². The van der Waals surface area contributed by atoms with Gasteiger partial charge >= 0.3 is 0 Å². The molecule has 0 radical (unpaired) electrons. The summed E-state index contributed by atoms with van der Waals surface area (Å²) < 4.78 is 13.8. The summed E-state index contributed by atoms with van der Waals surface area (Å²) in [5, 5.41) is 2.96. The monoisotopic (exact) mass is 424 g/mol. The molecule has 0 bridgehead atoms. The summed E-state index contributed by atoms with van der Waals surface area (Å²) in [6, 6.07) is 12.4. The minimum atomic E-state index is -0.240. The van der Waals surface area contributed by atoms with Crippen LogP contribution in [-0.4, -0.2) is 21.9 Å². The van der Waals surface area contributed by atoms with E-state index >= 15 is 0 Å². The van der Waals surface area contributed by atoms with Crippen molar-refractivity contribution in [3.8, 4) is 0 Å². The maximum absolute atomic E-state index is 13.8. The summed E-state index contributed by atoms with van der Waals surface area (Å²) in [5.41, 5.74) is 8.81. The number of aromatic amines is 1. The fraction of sp³-hybridized carbons (Fsp3) is 0.300. The van der Waals surface area contributed by atoms with Crippen LogP contribution >= 0.6 is 24.8 Å². The smallest absolute Gasteiger partial charge is 0.227 e. The lowest BCUT2D eigenvalue weighted by atomic mass is 10.1. The van der Waals surface area contributed by atoms with Gasteiger partial charge in [-0.15, -0.1) is 24.8 Å². The number of hydrogen-bond donors (Lipinski definition) is 3. The van der Waals surface area contributed by atoms with E-state index in [0.717, 1.165) is 36.0 Å². The van der Waals surface area contributed by atoms with E-state index in [0.29, 0.717) is 17.8 Å². The fourth-order valence-electron chi connectivity index (χ4n) is 3.54. The average molecular weight is 425 g/mol. The highest BCUT2D eigenvalue weighted by Crippen LogP contribution is 2.26. The zero-order valence-corrected chi connectivity index (χ0v) is 16.8. The quantitative estimate of drug-likeness (QED) is 0.586. The second kappa shape index (κ2) is 9.37. The van der Waals surface area contributed by atoms with Gasteiger partial charge in [-0.3, -0.25) is 4.79 Å². The first-order chi connectivity index (χ1) is 12.6. The number of nitrogens with zero attached hydrogens (tertiary/aromatic N) is 1. The number of benzene rings is 2. The zero-order chi connectivity index (χ0) is 18.1. The molecule has 28 heavy (non-hydrogen) atoms. The predicted molar refractivity (Wildman–Crippen MR) is 114 cm³/mol. The number of fused-ring (bicyclic) bond motifs is 1. The van der Waals surface area contributed by atoms with E-state index in [4.69, 9.17) is 5.73 Å². The second-order valence-corrected chi connectivity index (χ2v) is 6.94. The molecule has 0 aliphatic heterocycles. The van der Waals surface area contributed by atoms with E-state index in [1.54, 1.807) is 12.1 Å². The molecular weight excluding hydrogens is 402 g/mol. The van der Waals surface area contributed by atoms with Crippen LogP contribution in [0.2, 0.25) is 0 Å². The number of aromatic nitrogens is 2. The highest BCUT2D eigenvalue weighted by Gasteiger charge is 2.27. The standard InChI is InChI=1S/C20H21FN4O.2ClH/c21-16-4-2-1-3-12(16)10-19-24-17-8-7-15(11-18(17)25-19)23-20(26)13-5-6-14(22)9-13;;/h1-4,7-8,11,13-14H,5-6,9-10,22H2,(H,23,26)(H,24,25);2*1H. The first-order valence-electron chi connectivity index (χ1n) is 8.87. The van der Waals surface area contributed by atoms with Crippen molar-refractivity contribution in [2.75, 3.05) is 5.32 Å². The van der Waals surface area contributed by atoms with Crippen LogP contribution in [0.25, 0.3) is 11.0 Å². The summed E-state index contributed by atoms with van der Waals surface area (Å²) in [5.74, 6) is 0.452. The Morgan fingerprint density at radius 3 is 2.71 bits per heavy atom. The zero-order valence-electron chi connectivity index (χ0n) is 15.2. The van der Waals surface area contributed by atoms with Gasteiger partial charge in [0, 0.05) is 24.1 Å². The molecule has 1 aromatic heterocycles. The number of nitrogens with two attached hydrogens (primary N) is 1. The highest BCUT2D eigenvalue weighted by atomic mass is 35.5. The molecule has 2 atom stereocenters. The Bertz CT molecular complexity index is 962. The van der Waals surface area contributed by atoms with Crippen LogP contribution in [0.5, 0.6) is 0 Å². The highest BCUT2D eigenvalue weighted by molar-refractivity contribution is 5.94. The Labute approximate surface area is 175 Å². The number of imidazole rings is 1. The van der Waals surface area contributed by atoms with Crippen LogP contribution < -0.4 is 11.1 Å². The van der Waals surface area contributed by atoms with Gasteiger partial charge in [0.15, 0.2) is 0 Å². The molecule has 2 unspecified atom stereocenters. The van der Waals surface area contributed by atoms with E-state index in [-0.39, 0.29) is 48.5 Å². The number of halogens is 3. The number of amides is 1. The van der Waals surface area contributed by atoms with Crippen molar-refractivity contribution >= 4 is 47.4 Å². The molecule has 150 valence electrons. The van der Waals surface area contributed by atoms with Crippen molar-refractivity contribution in [2.24, 2.45) is 11.7 Å². The number of H-pyrrole nitrogens is 1. The topological polar surface area (TPSA) is 83.8 Å². The van der Waals surface area contributed by atoms with Crippen LogP contribution in [0.1, 0.15) is 30.7 Å². The summed E-state index contributed by atoms with van der Waals surface area (Å²) in [6.07, 6.45) is 2.87. The minimum absolute atomic E-state index is 0. The summed E-state index contributed by atoms with van der Waals surface area (Å²) in [7, 11) is 0. The first kappa shape index (κ1) is 22.1. The van der Waals surface area contributed by atoms with Crippen LogP contribution in [0.4, 0.5) is 10.1 Å². The number of nitrogens with one attached hydrogen (secondary N) is 2. The molecule has 8 heteroatoms. The Hall–Kier alpha value is -2.15. The van der Waals surface area contributed by atoms with Crippen molar-refractivity contribution in [3.05, 3.63) is 59.7 Å². The van der Waals surface area contributed by atoms with E-state index in [1.165, 1.54) is 6.07 Å². The van der Waals surface area contributed by atoms with Crippen LogP contribution in [0.3, 0.4) is 0 Å². The van der Waals surface area contributed by atoms with Crippen molar-refractivity contribution in [2.45, 2.75) is 31.7 Å². The molecule has 1 heterocycles. The Morgan fingerprint density at radius 2 is 2.00 bits per heavy atom. The lowest BCUT2D eigenvalue weighted by Gasteiger charge is -2.10. The van der Waals surface area contributed by atoms with Crippen molar-refractivity contribution in [1.29, 1.82) is 0 Å². The molecule has 5 nitrogen and oxygen atoms in total. The van der Waals surface area contributed by atoms with Gasteiger partial charge in [-0.05, 0) is 49.1 Å². The van der Waals surface area contributed by atoms with Gasteiger partial charge in [0.05, 0.1) is 11.0 Å². The number of carbonyl (C=O) groups is 1. The Balaban J connectivity index is 0.00000140. The summed E-state index contributed by atoms with van der Waals surface area (Å²) >= 11 is 0. The molecule has 2 aromatic carbocycles. The van der Waals surface area contributed by atoms with Crippen molar-refractivity contribution in [1.82, 2.24) is 9.97 Å². The maximum atomic E-state index is 13.8. The number of carbonyl (C=O) groups excluding carboxylic acids is 1. The van der Waals surface area contributed by atoms with E-state index in [1.807, 2.05) is 24.3 Å². The van der Waals surface area contributed by atoms with Crippen LogP contribution in [-0.2, 0) is 11.2 Å². The molecule has 4 rings (SSSR count). The number of hydrogen-bond acceptors (Lipinski definition) is 3. The van der Waals surface area contributed by atoms with Gasteiger partial charge in [-0.2, -0.15) is 0 Å². The third-order valence-corrected chi connectivity index (χ3v) is 4.96. The van der Waals surface area contributed by atoms with Gasteiger partial charge in [0.25, 0.3) is 0 Å². The SMILES string of the molecule is Cl.Cl.NC1CCC(C(=O)Nc2ccc3nc(Cc4ccccc4F)[nH]c3c2)C1. The molecule has 4 N–H and O–H groups in total. The third-order valence-electron chi connectivity index (χ3n) is 4.96. The number of anilines is 1. The molecule has 1 aliphatic carbocycles. The van der Waals surface area contributed by atoms with Crippen molar-refractivity contribution < 1.29 is 9.18 Å². The Morgan fingerprint density at radius 1 is 1.21 bits per heavy atom. The van der Waals surface area contributed by atoms with Crippen LogP contribution in [0, 0.1) is 11.7 Å². The average Bonchev–Trinajstić information content (AvgIpc) is 3.22. The predicted octanol–water partition coefficient (Wildman–Crippen LogP) is 4.20. The molecule has 1 saturated carbocycles. The Kier molecular flexibility index (Phi) is 7.41. The fourth-order valence-corrected chi connectivity index (χ4v) is 3.54. The van der Waals surface area contributed by atoms with E-state index < -0.39 is 0 Å². The van der Waals surface area contributed by atoms with Gasteiger partial charge < -0.3 is 16.0 Å². The largest absolute Gasteiger partial charge is 0.342 e. The molecule has 0 saturated heterocycles. The molecule has 0 spiro atoms. The summed E-state index contributed by atoms with van der Waals surface area (Å²) in [4.78, 5) is 20.1. The molecular formula is C20H23Cl2FN4O. The first-order valence-corrected chi connectivity index (χ1v) is 8.87. The number of rotatable bonds is 4. The molecule has 1 fully saturated rings. The lowest BCUT2D eigenvalue weighted by Crippen LogP contribution is -2.23. The third kappa shape index (κ3) is 4.82. The van der Waals surface area contributed by atoms with Crippen molar-refractivity contribution in [3.63, 3.8) is 0 Å². The normalized spacial score (nSPS) is 18.4. The molecule has 1 amide bonds.